The van der Waals surface area contributed by atoms with Crippen LogP contribution in [0.5, 0.6) is 0 Å². The Morgan fingerprint density at radius 3 is 2.59 bits per heavy atom. The molecule has 6 nitrogen and oxygen atoms in total. The third-order valence-electron chi connectivity index (χ3n) is 4.30. The second-order valence-electron chi connectivity index (χ2n) is 6.26. The summed E-state index contributed by atoms with van der Waals surface area (Å²) in [6, 6.07) is 15.5. The molecule has 0 atom stereocenters. The minimum Gasteiger partial charge on any atom is -0.321 e. The molecule has 1 amide bonds. The third kappa shape index (κ3) is 3.33. The smallest absolute Gasteiger partial charge is 0.278 e. The first-order chi connectivity index (χ1) is 13.0. The van der Waals surface area contributed by atoms with Gasteiger partial charge in [0.15, 0.2) is 11.3 Å². The summed E-state index contributed by atoms with van der Waals surface area (Å²) in [6.07, 6.45) is 1.74. The molecule has 0 radical (unpaired) electrons. The first-order valence-electron chi connectivity index (χ1n) is 8.38. The van der Waals surface area contributed by atoms with E-state index >= 15 is 0 Å². The van der Waals surface area contributed by atoms with Crippen molar-refractivity contribution >= 4 is 33.2 Å². The first-order valence-corrected chi connectivity index (χ1v) is 9.17. The minimum absolute atomic E-state index is 0.245. The molecule has 0 bridgehead atoms. The molecule has 2 aromatic heterocycles. The highest BCUT2D eigenvalue weighted by Crippen LogP contribution is 2.25. The fourth-order valence-corrected chi connectivity index (χ4v) is 3.17. The number of rotatable bonds is 3. The summed E-state index contributed by atoms with van der Waals surface area (Å²) < 4.78 is 2.65. The molecule has 134 valence electrons. The molecular weight excluding hydrogens is 406 g/mol. The number of aromatic nitrogens is 4. The van der Waals surface area contributed by atoms with Crippen LogP contribution in [-0.4, -0.2) is 25.7 Å². The highest BCUT2D eigenvalue weighted by molar-refractivity contribution is 9.10. The Labute approximate surface area is 164 Å². The summed E-state index contributed by atoms with van der Waals surface area (Å²) in [4.78, 5) is 12.6. The van der Waals surface area contributed by atoms with Gasteiger partial charge in [0.2, 0.25) is 0 Å². The third-order valence-corrected chi connectivity index (χ3v) is 4.82. The zero-order chi connectivity index (χ0) is 19.0. The lowest BCUT2D eigenvalue weighted by atomic mass is 10.1. The highest BCUT2D eigenvalue weighted by Gasteiger charge is 2.18. The van der Waals surface area contributed by atoms with Crippen LogP contribution < -0.4 is 5.32 Å². The number of fused-ring (bicyclic) bond motifs is 1. The van der Waals surface area contributed by atoms with E-state index in [1.807, 2.05) is 62.4 Å². The molecule has 7 heteroatoms. The topological polar surface area (TPSA) is 72.2 Å². The molecule has 1 N–H and O–H groups in total. The largest absolute Gasteiger partial charge is 0.321 e. The molecular formula is C20H16BrN5O. The first kappa shape index (κ1) is 17.4. The number of carbonyl (C=O) groups is 1. The van der Waals surface area contributed by atoms with Gasteiger partial charge in [-0.2, -0.15) is 5.10 Å². The van der Waals surface area contributed by atoms with Crippen molar-refractivity contribution < 1.29 is 4.79 Å². The van der Waals surface area contributed by atoms with E-state index in [4.69, 9.17) is 0 Å². The van der Waals surface area contributed by atoms with Crippen molar-refractivity contribution in [2.45, 2.75) is 13.8 Å². The number of aryl methyl sites for hydroxylation is 2. The summed E-state index contributed by atoms with van der Waals surface area (Å²) in [7, 11) is 0. The molecule has 0 aliphatic heterocycles. The summed E-state index contributed by atoms with van der Waals surface area (Å²) in [5.74, 6) is -0.312. The zero-order valence-electron chi connectivity index (χ0n) is 14.8. The number of benzene rings is 2. The van der Waals surface area contributed by atoms with Gasteiger partial charge in [-0.05, 0) is 49.2 Å². The molecule has 0 aliphatic rings. The highest BCUT2D eigenvalue weighted by atomic mass is 79.9. The predicted molar refractivity (Wildman–Crippen MR) is 108 cm³/mol. The number of halogens is 1. The lowest BCUT2D eigenvalue weighted by Gasteiger charge is -2.08. The van der Waals surface area contributed by atoms with Gasteiger partial charge in [-0.3, -0.25) is 4.79 Å². The van der Waals surface area contributed by atoms with Crippen molar-refractivity contribution in [3.8, 4) is 11.1 Å². The van der Waals surface area contributed by atoms with Gasteiger partial charge in [0.1, 0.15) is 0 Å². The number of carbonyl (C=O) groups excluding carboxylic acids is 1. The summed E-state index contributed by atoms with van der Waals surface area (Å²) in [6.45, 7) is 3.78. The van der Waals surface area contributed by atoms with Crippen LogP contribution >= 0.6 is 15.9 Å². The maximum absolute atomic E-state index is 12.6. The van der Waals surface area contributed by atoms with Gasteiger partial charge in [0.05, 0.1) is 11.9 Å². The van der Waals surface area contributed by atoms with E-state index in [0.717, 1.165) is 26.9 Å². The maximum Gasteiger partial charge on any atom is 0.278 e. The van der Waals surface area contributed by atoms with E-state index in [9.17, 15) is 4.79 Å². The molecule has 0 spiro atoms. The summed E-state index contributed by atoms with van der Waals surface area (Å²) in [5, 5.41) is 15.7. The van der Waals surface area contributed by atoms with Crippen LogP contribution in [0.3, 0.4) is 0 Å². The summed E-state index contributed by atoms with van der Waals surface area (Å²) >= 11 is 3.43. The average Bonchev–Trinajstić information content (AvgIpc) is 3.07. The van der Waals surface area contributed by atoms with E-state index in [1.165, 1.54) is 0 Å². The Hall–Kier alpha value is -3.06. The van der Waals surface area contributed by atoms with Gasteiger partial charge < -0.3 is 5.32 Å². The van der Waals surface area contributed by atoms with Crippen LogP contribution in [0.25, 0.3) is 16.8 Å². The minimum atomic E-state index is -0.312. The Morgan fingerprint density at radius 2 is 1.85 bits per heavy atom. The maximum atomic E-state index is 12.6. The molecule has 0 fully saturated rings. The van der Waals surface area contributed by atoms with Crippen molar-refractivity contribution in [1.29, 1.82) is 0 Å². The molecule has 0 saturated carbocycles. The predicted octanol–water partition coefficient (Wildman–Crippen LogP) is 4.42. The van der Waals surface area contributed by atoms with Gasteiger partial charge in [-0.25, -0.2) is 4.52 Å². The number of anilines is 1. The van der Waals surface area contributed by atoms with Crippen molar-refractivity contribution in [1.82, 2.24) is 19.8 Å². The molecule has 0 aliphatic carbocycles. The number of nitrogens with zero attached hydrogens (tertiary/aromatic N) is 4. The Morgan fingerprint density at radius 1 is 1.07 bits per heavy atom. The molecule has 2 aromatic carbocycles. The van der Waals surface area contributed by atoms with Crippen molar-refractivity contribution in [3.63, 3.8) is 0 Å². The fraction of sp³-hybridized carbons (Fsp3) is 0.100. The van der Waals surface area contributed by atoms with E-state index in [1.54, 1.807) is 10.7 Å². The average molecular weight is 422 g/mol. The van der Waals surface area contributed by atoms with E-state index < -0.39 is 0 Å². The van der Waals surface area contributed by atoms with Crippen molar-refractivity contribution in [3.05, 3.63) is 76.2 Å². The van der Waals surface area contributed by atoms with Crippen LogP contribution in [0.2, 0.25) is 0 Å². The Balaban J connectivity index is 1.70. The molecule has 27 heavy (non-hydrogen) atoms. The van der Waals surface area contributed by atoms with Crippen molar-refractivity contribution in [2.75, 3.05) is 5.32 Å². The van der Waals surface area contributed by atoms with Gasteiger partial charge in [0.25, 0.3) is 5.91 Å². The SMILES string of the molecule is Cc1cccc(NC(=O)c2nnc3c(-c4ccc(Br)cc4)cnn3c2C)c1. The number of hydrogen-bond acceptors (Lipinski definition) is 4. The zero-order valence-corrected chi connectivity index (χ0v) is 16.4. The van der Waals surface area contributed by atoms with Gasteiger partial charge in [-0.15, -0.1) is 10.2 Å². The van der Waals surface area contributed by atoms with Gasteiger partial charge in [0, 0.05) is 15.7 Å². The second-order valence-corrected chi connectivity index (χ2v) is 7.17. The van der Waals surface area contributed by atoms with Crippen molar-refractivity contribution in [2.24, 2.45) is 0 Å². The molecule has 2 heterocycles. The molecule has 4 aromatic rings. The second kappa shape index (κ2) is 6.92. The summed E-state index contributed by atoms with van der Waals surface area (Å²) in [5.41, 5.74) is 5.13. The lowest BCUT2D eigenvalue weighted by molar-refractivity contribution is 0.102. The molecule has 0 unspecified atom stereocenters. The normalized spacial score (nSPS) is 10.9. The van der Waals surface area contributed by atoms with E-state index in [2.05, 4.69) is 36.5 Å². The van der Waals surface area contributed by atoms with Crippen LogP contribution in [0, 0.1) is 13.8 Å². The Bertz CT molecular complexity index is 1150. The quantitative estimate of drug-likeness (QED) is 0.531. The Kier molecular flexibility index (Phi) is 4.45. The number of hydrogen-bond donors (Lipinski definition) is 1. The number of amides is 1. The van der Waals surface area contributed by atoms with Gasteiger partial charge in [-0.1, -0.05) is 40.2 Å². The monoisotopic (exact) mass is 421 g/mol. The van der Waals surface area contributed by atoms with E-state index in [0.29, 0.717) is 11.3 Å². The van der Waals surface area contributed by atoms with E-state index in [-0.39, 0.29) is 11.6 Å². The lowest BCUT2D eigenvalue weighted by Crippen LogP contribution is -2.18. The van der Waals surface area contributed by atoms with Crippen LogP contribution in [0.1, 0.15) is 21.7 Å². The standard InChI is InChI=1S/C20H16BrN5O/c1-12-4-3-5-16(10-12)23-20(27)18-13(2)26-19(25-24-18)17(11-22-26)14-6-8-15(21)9-7-14/h3-11H,1-2H3,(H,23,27). The fourth-order valence-electron chi connectivity index (χ4n) is 2.91. The molecule has 4 rings (SSSR count). The van der Waals surface area contributed by atoms with Gasteiger partial charge >= 0.3 is 0 Å². The molecule has 0 saturated heterocycles. The van der Waals surface area contributed by atoms with Crippen LogP contribution in [0.4, 0.5) is 5.69 Å². The van der Waals surface area contributed by atoms with Crippen LogP contribution in [-0.2, 0) is 0 Å². The van der Waals surface area contributed by atoms with Crippen LogP contribution in [0.15, 0.2) is 59.2 Å². The number of nitrogens with one attached hydrogen (secondary N) is 1.